The first-order valence-electron chi connectivity index (χ1n) is 4.46. The molecule has 0 atom stereocenters. The SMILES string of the molecule is O=Cc1c(OC2CC2)cncc1[N+](=O)[O-]. The van der Waals surface area contributed by atoms with E-state index in [9.17, 15) is 14.9 Å². The van der Waals surface area contributed by atoms with E-state index in [0.717, 1.165) is 19.0 Å². The lowest BCUT2D eigenvalue weighted by Gasteiger charge is -2.05. The average molecular weight is 208 g/mol. The monoisotopic (exact) mass is 208 g/mol. The fourth-order valence-corrected chi connectivity index (χ4v) is 1.16. The molecule has 0 bridgehead atoms. The predicted octanol–water partition coefficient (Wildman–Crippen LogP) is 1.34. The van der Waals surface area contributed by atoms with E-state index in [1.54, 1.807) is 0 Å². The summed E-state index contributed by atoms with van der Waals surface area (Å²) in [6.07, 6.45) is 4.71. The fraction of sp³-hybridized carbons (Fsp3) is 0.333. The zero-order valence-corrected chi connectivity index (χ0v) is 7.75. The maximum atomic E-state index is 10.7. The lowest BCUT2D eigenvalue weighted by Crippen LogP contribution is -2.03. The number of pyridine rings is 1. The summed E-state index contributed by atoms with van der Waals surface area (Å²) in [5, 5.41) is 10.6. The number of ether oxygens (including phenoxy) is 1. The Labute approximate surface area is 85.0 Å². The Morgan fingerprint density at radius 3 is 2.80 bits per heavy atom. The zero-order valence-electron chi connectivity index (χ0n) is 7.75. The van der Waals surface area contributed by atoms with Gasteiger partial charge < -0.3 is 4.74 Å². The molecule has 0 N–H and O–H groups in total. The Kier molecular flexibility index (Phi) is 2.32. The van der Waals surface area contributed by atoms with Crippen LogP contribution in [0.3, 0.4) is 0 Å². The van der Waals surface area contributed by atoms with Gasteiger partial charge in [0, 0.05) is 0 Å². The molecule has 78 valence electrons. The molecule has 1 aliphatic carbocycles. The van der Waals surface area contributed by atoms with Gasteiger partial charge in [0.05, 0.1) is 17.2 Å². The largest absolute Gasteiger partial charge is 0.488 e. The highest BCUT2D eigenvalue weighted by Crippen LogP contribution is 2.31. The second kappa shape index (κ2) is 3.64. The number of carbonyl (C=O) groups excluding carboxylic acids is 1. The van der Waals surface area contributed by atoms with Crippen molar-refractivity contribution in [1.82, 2.24) is 4.98 Å². The molecular weight excluding hydrogens is 200 g/mol. The van der Waals surface area contributed by atoms with Crippen LogP contribution in [0.2, 0.25) is 0 Å². The van der Waals surface area contributed by atoms with E-state index in [4.69, 9.17) is 4.74 Å². The van der Waals surface area contributed by atoms with Crippen LogP contribution in [0, 0.1) is 10.1 Å². The fourth-order valence-electron chi connectivity index (χ4n) is 1.16. The Bertz CT molecular complexity index is 415. The molecule has 0 aromatic carbocycles. The molecular formula is C9H8N2O4. The Balaban J connectivity index is 2.38. The third-order valence-corrected chi connectivity index (χ3v) is 2.06. The van der Waals surface area contributed by atoms with Crippen molar-refractivity contribution < 1.29 is 14.5 Å². The molecule has 1 aromatic heterocycles. The van der Waals surface area contributed by atoms with E-state index in [1.807, 2.05) is 0 Å². The topological polar surface area (TPSA) is 82.3 Å². The van der Waals surface area contributed by atoms with Gasteiger partial charge in [-0.3, -0.25) is 19.9 Å². The summed E-state index contributed by atoms with van der Waals surface area (Å²) in [6, 6.07) is 0. The van der Waals surface area contributed by atoms with E-state index < -0.39 is 4.92 Å². The third kappa shape index (κ3) is 1.93. The number of hydrogen-bond acceptors (Lipinski definition) is 5. The van der Waals surface area contributed by atoms with Gasteiger partial charge in [0.2, 0.25) is 0 Å². The van der Waals surface area contributed by atoms with Crippen molar-refractivity contribution in [3.63, 3.8) is 0 Å². The van der Waals surface area contributed by atoms with Crippen LogP contribution >= 0.6 is 0 Å². The zero-order chi connectivity index (χ0) is 10.8. The lowest BCUT2D eigenvalue weighted by molar-refractivity contribution is -0.385. The van der Waals surface area contributed by atoms with E-state index in [1.165, 1.54) is 6.20 Å². The van der Waals surface area contributed by atoms with Gasteiger partial charge in [-0.05, 0) is 12.8 Å². The number of nitrogens with zero attached hydrogens (tertiary/aromatic N) is 2. The molecule has 0 unspecified atom stereocenters. The molecule has 2 rings (SSSR count). The minimum atomic E-state index is -0.642. The first-order valence-corrected chi connectivity index (χ1v) is 4.46. The molecule has 0 radical (unpaired) electrons. The van der Waals surface area contributed by atoms with Crippen molar-refractivity contribution in [3.05, 3.63) is 28.1 Å². The molecule has 0 amide bonds. The third-order valence-electron chi connectivity index (χ3n) is 2.06. The number of aromatic nitrogens is 1. The second-order valence-electron chi connectivity index (χ2n) is 3.26. The molecule has 15 heavy (non-hydrogen) atoms. The van der Waals surface area contributed by atoms with Crippen LogP contribution in [-0.4, -0.2) is 22.3 Å². The first kappa shape index (κ1) is 9.57. The molecule has 0 aliphatic heterocycles. The van der Waals surface area contributed by atoms with Gasteiger partial charge in [-0.25, -0.2) is 0 Å². The Morgan fingerprint density at radius 2 is 2.27 bits per heavy atom. The highest BCUT2D eigenvalue weighted by atomic mass is 16.6. The summed E-state index contributed by atoms with van der Waals surface area (Å²) in [5.74, 6) is 0.196. The number of rotatable bonds is 4. The molecule has 0 spiro atoms. The molecule has 0 saturated heterocycles. The molecule has 1 aliphatic rings. The summed E-state index contributed by atoms with van der Waals surface area (Å²) in [6.45, 7) is 0. The average Bonchev–Trinajstić information content (AvgIpc) is 3.01. The van der Waals surface area contributed by atoms with Gasteiger partial charge >= 0.3 is 5.69 Å². The van der Waals surface area contributed by atoms with Crippen LogP contribution in [-0.2, 0) is 0 Å². The van der Waals surface area contributed by atoms with E-state index >= 15 is 0 Å². The number of aldehydes is 1. The summed E-state index contributed by atoms with van der Waals surface area (Å²) < 4.78 is 5.34. The summed E-state index contributed by atoms with van der Waals surface area (Å²) in [7, 11) is 0. The lowest BCUT2D eigenvalue weighted by atomic mass is 10.2. The van der Waals surface area contributed by atoms with Crippen molar-refractivity contribution in [1.29, 1.82) is 0 Å². The number of hydrogen-bond donors (Lipinski definition) is 0. The Hall–Kier alpha value is -1.98. The van der Waals surface area contributed by atoms with Crippen LogP contribution in [0.4, 0.5) is 5.69 Å². The maximum absolute atomic E-state index is 10.7. The number of carbonyl (C=O) groups is 1. The van der Waals surface area contributed by atoms with Gasteiger partial charge in [0.25, 0.3) is 0 Å². The van der Waals surface area contributed by atoms with Crippen LogP contribution < -0.4 is 4.74 Å². The smallest absolute Gasteiger partial charge is 0.301 e. The van der Waals surface area contributed by atoms with Gasteiger partial charge in [-0.15, -0.1) is 0 Å². The number of nitro groups is 1. The highest BCUT2D eigenvalue weighted by molar-refractivity contribution is 5.85. The van der Waals surface area contributed by atoms with Crippen LogP contribution in [0.25, 0.3) is 0 Å². The molecule has 1 fully saturated rings. The first-order chi connectivity index (χ1) is 7.22. The van der Waals surface area contributed by atoms with Crippen molar-refractivity contribution in [2.45, 2.75) is 18.9 Å². The van der Waals surface area contributed by atoms with Gasteiger partial charge in [-0.2, -0.15) is 0 Å². The summed E-state index contributed by atoms with van der Waals surface area (Å²) >= 11 is 0. The normalized spacial score (nSPS) is 14.7. The standard InChI is InChI=1S/C9H8N2O4/c12-5-7-8(11(13)14)3-10-4-9(7)15-6-1-2-6/h3-6H,1-2H2. The minimum absolute atomic E-state index is 0.0399. The van der Waals surface area contributed by atoms with Crippen molar-refractivity contribution in [2.75, 3.05) is 0 Å². The molecule has 6 heteroatoms. The molecule has 1 aromatic rings. The Morgan fingerprint density at radius 1 is 1.53 bits per heavy atom. The van der Waals surface area contributed by atoms with Crippen LogP contribution in [0.1, 0.15) is 23.2 Å². The highest BCUT2D eigenvalue weighted by Gasteiger charge is 2.27. The molecule has 6 nitrogen and oxygen atoms in total. The van der Waals surface area contributed by atoms with Crippen LogP contribution in [0.5, 0.6) is 5.75 Å². The summed E-state index contributed by atoms with van der Waals surface area (Å²) in [5.41, 5.74) is -0.356. The summed E-state index contributed by atoms with van der Waals surface area (Å²) in [4.78, 5) is 24.4. The maximum Gasteiger partial charge on any atom is 0.301 e. The van der Waals surface area contributed by atoms with Gasteiger partial charge in [-0.1, -0.05) is 0 Å². The van der Waals surface area contributed by atoms with Gasteiger partial charge in [0.15, 0.2) is 12.0 Å². The quantitative estimate of drug-likeness (QED) is 0.423. The van der Waals surface area contributed by atoms with Gasteiger partial charge in [0.1, 0.15) is 11.8 Å². The minimum Gasteiger partial charge on any atom is -0.488 e. The van der Waals surface area contributed by atoms with Crippen molar-refractivity contribution in [3.8, 4) is 5.75 Å². The molecule has 1 heterocycles. The predicted molar refractivity (Wildman–Crippen MR) is 49.9 cm³/mol. The second-order valence-corrected chi connectivity index (χ2v) is 3.26. The van der Waals surface area contributed by atoms with Crippen molar-refractivity contribution in [2.24, 2.45) is 0 Å². The van der Waals surface area contributed by atoms with E-state index in [0.29, 0.717) is 6.29 Å². The van der Waals surface area contributed by atoms with Crippen LogP contribution in [0.15, 0.2) is 12.4 Å². The van der Waals surface area contributed by atoms with Crippen molar-refractivity contribution >= 4 is 12.0 Å². The van der Waals surface area contributed by atoms with E-state index in [2.05, 4.69) is 4.98 Å². The van der Waals surface area contributed by atoms with E-state index in [-0.39, 0.29) is 23.1 Å². The molecule has 1 saturated carbocycles.